The average molecular weight is 264 g/mol. The van der Waals surface area contributed by atoms with Gasteiger partial charge in [0.1, 0.15) is 12.7 Å². The fraction of sp³-hybridized carbons (Fsp3) is 0.923. The highest BCUT2D eigenvalue weighted by molar-refractivity contribution is 5.60. The highest BCUT2D eigenvalue weighted by Crippen LogP contribution is 2.01. The molecule has 0 amide bonds. The topological polar surface area (TPSA) is 54.0 Å². The van der Waals surface area contributed by atoms with Gasteiger partial charge in [-0.05, 0) is 20.3 Å². The number of rotatable bonds is 8. The van der Waals surface area contributed by atoms with Crippen LogP contribution >= 0.6 is 0 Å². The average Bonchev–Trinajstić information content (AvgIpc) is 2.38. The molecule has 0 aliphatic heterocycles. The smallest absolute Gasteiger partial charge is 0.432 e. The largest absolute Gasteiger partial charge is 0.508 e. The van der Waals surface area contributed by atoms with Gasteiger partial charge in [-0.25, -0.2) is 4.79 Å². The zero-order valence-corrected chi connectivity index (χ0v) is 12.5. The quantitative estimate of drug-likeness (QED) is 0.498. The van der Waals surface area contributed by atoms with Crippen LogP contribution in [0.25, 0.3) is 0 Å². The van der Waals surface area contributed by atoms with E-state index in [1.165, 1.54) is 7.11 Å². The summed E-state index contributed by atoms with van der Waals surface area (Å²) in [5.74, 6) is 0. The molecule has 0 aliphatic rings. The summed E-state index contributed by atoms with van der Waals surface area (Å²) in [6, 6.07) is 0. The molecule has 110 valence electrons. The second kappa shape index (κ2) is 14.3. The molecule has 0 aromatic heterocycles. The fourth-order valence-electron chi connectivity index (χ4n) is 0.858. The minimum Gasteiger partial charge on any atom is -0.432 e. The SMILES string of the molecule is CC.CCC(C)OCC(C)OC(=O)OCCOC. The van der Waals surface area contributed by atoms with Crippen LogP contribution in [0.1, 0.15) is 41.0 Å². The van der Waals surface area contributed by atoms with Gasteiger partial charge in [0.15, 0.2) is 0 Å². The molecule has 0 saturated carbocycles. The maximum atomic E-state index is 11.1. The fourth-order valence-corrected chi connectivity index (χ4v) is 0.858. The van der Waals surface area contributed by atoms with E-state index in [1.807, 2.05) is 27.7 Å². The monoisotopic (exact) mass is 264 g/mol. The minimum atomic E-state index is -0.683. The Labute approximate surface area is 111 Å². The summed E-state index contributed by atoms with van der Waals surface area (Å²) in [6.07, 6.45) is 0.127. The van der Waals surface area contributed by atoms with Crippen LogP contribution in [0.3, 0.4) is 0 Å². The molecule has 5 heteroatoms. The maximum absolute atomic E-state index is 11.1. The Morgan fingerprint density at radius 1 is 1.11 bits per heavy atom. The number of carbonyl (C=O) groups is 1. The molecule has 0 spiro atoms. The van der Waals surface area contributed by atoms with Crippen molar-refractivity contribution in [3.05, 3.63) is 0 Å². The Morgan fingerprint density at radius 2 is 1.72 bits per heavy atom. The van der Waals surface area contributed by atoms with Crippen molar-refractivity contribution in [2.24, 2.45) is 0 Å². The highest BCUT2D eigenvalue weighted by atomic mass is 16.7. The first kappa shape index (κ1) is 19.5. The molecule has 0 N–H and O–H groups in total. The molecule has 0 radical (unpaired) electrons. The van der Waals surface area contributed by atoms with Crippen molar-refractivity contribution in [2.75, 3.05) is 26.9 Å². The van der Waals surface area contributed by atoms with Crippen LogP contribution in [0.5, 0.6) is 0 Å². The van der Waals surface area contributed by atoms with Crippen molar-refractivity contribution >= 4 is 6.16 Å². The molecule has 2 unspecified atom stereocenters. The molecular weight excluding hydrogens is 236 g/mol. The molecule has 2 atom stereocenters. The molecule has 0 saturated heterocycles. The van der Waals surface area contributed by atoms with Gasteiger partial charge in [-0.3, -0.25) is 0 Å². The number of ether oxygens (including phenoxy) is 4. The number of hydrogen-bond donors (Lipinski definition) is 0. The zero-order valence-electron chi connectivity index (χ0n) is 12.5. The van der Waals surface area contributed by atoms with Crippen molar-refractivity contribution in [1.82, 2.24) is 0 Å². The molecule has 0 fully saturated rings. The van der Waals surface area contributed by atoms with Crippen LogP contribution in [-0.2, 0) is 18.9 Å². The van der Waals surface area contributed by atoms with Crippen molar-refractivity contribution in [2.45, 2.75) is 53.2 Å². The van der Waals surface area contributed by atoms with Gasteiger partial charge < -0.3 is 18.9 Å². The lowest BCUT2D eigenvalue weighted by Gasteiger charge is -2.16. The second-order valence-electron chi connectivity index (χ2n) is 3.57. The van der Waals surface area contributed by atoms with Gasteiger partial charge in [0.25, 0.3) is 0 Å². The van der Waals surface area contributed by atoms with Gasteiger partial charge in [0, 0.05) is 7.11 Å². The molecule has 0 aromatic rings. The van der Waals surface area contributed by atoms with E-state index in [0.29, 0.717) is 13.2 Å². The molecule has 0 bridgehead atoms. The maximum Gasteiger partial charge on any atom is 0.508 e. The summed E-state index contributed by atoms with van der Waals surface area (Å²) < 4.78 is 19.8. The minimum absolute atomic E-state index is 0.176. The first-order valence-corrected chi connectivity index (χ1v) is 6.54. The van der Waals surface area contributed by atoms with Crippen molar-refractivity contribution in [1.29, 1.82) is 0 Å². The summed E-state index contributed by atoms with van der Waals surface area (Å²) >= 11 is 0. The van der Waals surface area contributed by atoms with Crippen LogP contribution in [0.2, 0.25) is 0 Å². The van der Waals surface area contributed by atoms with E-state index in [9.17, 15) is 4.79 Å². The van der Waals surface area contributed by atoms with E-state index in [0.717, 1.165) is 6.42 Å². The highest BCUT2D eigenvalue weighted by Gasteiger charge is 2.11. The van der Waals surface area contributed by atoms with Crippen LogP contribution in [-0.4, -0.2) is 45.3 Å². The lowest BCUT2D eigenvalue weighted by atomic mass is 10.3. The van der Waals surface area contributed by atoms with Crippen molar-refractivity contribution in [3.8, 4) is 0 Å². The van der Waals surface area contributed by atoms with Crippen LogP contribution in [0.15, 0.2) is 0 Å². The van der Waals surface area contributed by atoms with Crippen LogP contribution in [0, 0.1) is 0 Å². The summed E-state index contributed by atoms with van der Waals surface area (Å²) in [5.41, 5.74) is 0. The molecule has 0 aliphatic carbocycles. The normalized spacial score (nSPS) is 13.0. The van der Waals surface area contributed by atoms with Crippen LogP contribution in [0.4, 0.5) is 4.79 Å². The van der Waals surface area contributed by atoms with E-state index in [-0.39, 0.29) is 18.8 Å². The Balaban J connectivity index is 0. The molecular formula is C13H28O5. The molecule has 5 nitrogen and oxygen atoms in total. The Kier molecular flexibility index (Phi) is 15.5. The summed E-state index contributed by atoms with van der Waals surface area (Å²) in [7, 11) is 1.54. The molecule has 0 aromatic carbocycles. The van der Waals surface area contributed by atoms with Gasteiger partial charge in [-0.15, -0.1) is 0 Å². The molecule has 0 heterocycles. The zero-order chi connectivity index (χ0) is 14.4. The third-order valence-electron chi connectivity index (χ3n) is 2.00. The standard InChI is InChI=1S/C11H22O5.C2H6/c1-5-9(2)15-8-10(3)16-11(12)14-7-6-13-4;1-2/h9-10H,5-8H2,1-4H3;1-2H3. The van der Waals surface area contributed by atoms with E-state index < -0.39 is 6.16 Å². The van der Waals surface area contributed by atoms with Gasteiger partial charge in [-0.1, -0.05) is 20.8 Å². The lowest BCUT2D eigenvalue weighted by Crippen LogP contribution is -2.24. The number of methoxy groups -OCH3 is 1. The Morgan fingerprint density at radius 3 is 2.22 bits per heavy atom. The van der Waals surface area contributed by atoms with Gasteiger partial charge in [0.05, 0.1) is 19.3 Å². The third kappa shape index (κ3) is 13.3. The van der Waals surface area contributed by atoms with E-state index in [2.05, 4.69) is 0 Å². The Hall–Kier alpha value is -0.810. The van der Waals surface area contributed by atoms with Gasteiger partial charge >= 0.3 is 6.16 Å². The predicted molar refractivity (Wildman–Crippen MR) is 70.8 cm³/mol. The third-order valence-corrected chi connectivity index (χ3v) is 2.00. The lowest BCUT2D eigenvalue weighted by molar-refractivity contribution is -0.0325. The Bertz CT molecular complexity index is 184. The van der Waals surface area contributed by atoms with E-state index in [4.69, 9.17) is 18.9 Å². The first-order chi connectivity index (χ1) is 8.60. The van der Waals surface area contributed by atoms with Gasteiger partial charge in [-0.2, -0.15) is 0 Å². The number of hydrogen-bond acceptors (Lipinski definition) is 5. The first-order valence-electron chi connectivity index (χ1n) is 6.54. The van der Waals surface area contributed by atoms with Gasteiger partial charge in [0.2, 0.25) is 0 Å². The van der Waals surface area contributed by atoms with E-state index >= 15 is 0 Å². The van der Waals surface area contributed by atoms with Crippen molar-refractivity contribution < 1.29 is 23.7 Å². The molecule has 18 heavy (non-hydrogen) atoms. The summed E-state index contributed by atoms with van der Waals surface area (Å²) in [6.45, 7) is 10.7. The molecule has 0 rings (SSSR count). The second-order valence-corrected chi connectivity index (χ2v) is 3.57. The predicted octanol–water partition coefficient (Wildman–Crippen LogP) is 3.02. The van der Waals surface area contributed by atoms with E-state index in [1.54, 1.807) is 6.92 Å². The number of carbonyl (C=O) groups excluding carboxylic acids is 1. The van der Waals surface area contributed by atoms with Crippen LogP contribution < -0.4 is 0 Å². The van der Waals surface area contributed by atoms with Crippen molar-refractivity contribution in [3.63, 3.8) is 0 Å². The summed E-state index contributed by atoms with van der Waals surface area (Å²) in [5, 5.41) is 0. The summed E-state index contributed by atoms with van der Waals surface area (Å²) in [4.78, 5) is 11.1.